The molecule has 2 rings (SSSR count). The van der Waals surface area contributed by atoms with Gasteiger partial charge in [0.15, 0.2) is 0 Å². The smallest absolute Gasteiger partial charge is 0.230 e. The highest BCUT2D eigenvalue weighted by atomic mass is 16.2. The number of rotatable bonds is 4. The highest BCUT2D eigenvalue weighted by Crippen LogP contribution is 2.32. The summed E-state index contributed by atoms with van der Waals surface area (Å²) in [5, 5.41) is 3.15. The molecule has 1 aromatic carbocycles. The SMILES string of the molecule is CC(C)(C(=O)NC1(CN)CCC1)c1ccccc1. The minimum Gasteiger partial charge on any atom is -0.349 e. The minimum absolute atomic E-state index is 0.0684. The Labute approximate surface area is 109 Å². The highest BCUT2D eigenvalue weighted by Gasteiger charge is 2.40. The van der Waals surface area contributed by atoms with Crippen LogP contribution in [0.5, 0.6) is 0 Å². The molecule has 3 heteroatoms. The summed E-state index contributed by atoms with van der Waals surface area (Å²) in [6, 6.07) is 9.88. The molecular weight excluding hydrogens is 224 g/mol. The Bertz CT molecular complexity index is 416. The van der Waals surface area contributed by atoms with E-state index in [2.05, 4.69) is 5.32 Å². The van der Waals surface area contributed by atoms with E-state index in [4.69, 9.17) is 5.73 Å². The summed E-state index contributed by atoms with van der Waals surface area (Å²) in [6.07, 6.45) is 3.16. The van der Waals surface area contributed by atoms with Crippen molar-refractivity contribution in [3.8, 4) is 0 Å². The molecule has 1 fully saturated rings. The van der Waals surface area contributed by atoms with Crippen molar-refractivity contribution in [2.45, 2.75) is 44.1 Å². The first-order chi connectivity index (χ1) is 8.50. The van der Waals surface area contributed by atoms with Crippen molar-refractivity contribution in [3.05, 3.63) is 35.9 Å². The third-order valence-electron chi connectivity index (χ3n) is 4.14. The zero-order chi connectivity index (χ0) is 13.2. The molecule has 3 N–H and O–H groups in total. The summed E-state index contributed by atoms with van der Waals surface area (Å²) in [6.45, 7) is 4.45. The minimum atomic E-state index is -0.515. The highest BCUT2D eigenvalue weighted by molar-refractivity contribution is 5.88. The van der Waals surface area contributed by atoms with E-state index in [9.17, 15) is 4.79 Å². The fourth-order valence-corrected chi connectivity index (χ4v) is 2.37. The predicted molar refractivity (Wildman–Crippen MR) is 73.2 cm³/mol. The maximum absolute atomic E-state index is 12.5. The van der Waals surface area contributed by atoms with E-state index < -0.39 is 5.41 Å². The van der Waals surface area contributed by atoms with Crippen molar-refractivity contribution < 1.29 is 4.79 Å². The number of hydrogen-bond donors (Lipinski definition) is 2. The van der Waals surface area contributed by atoms with Gasteiger partial charge in [0.25, 0.3) is 0 Å². The van der Waals surface area contributed by atoms with Gasteiger partial charge in [-0.1, -0.05) is 30.3 Å². The maximum Gasteiger partial charge on any atom is 0.230 e. The van der Waals surface area contributed by atoms with Gasteiger partial charge in [0.05, 0.1) is 11.0 Å². The van der Waals surface area contributed by atoms with Gasteiger partial charge < -0.3 is 11.1 Å². The van der Waals surface area contributed by atoms with Crippen molar-refractivity contribution in [3.63, 3.8) is 0 Å². The zero-order valence-electron chi connectivity index (χ0n) is 11.2. The fourth-order valence-electron chi connectivity index (χ4n) is 2.37. The van der Waals surface area contributed by atoms with Crippen LogP contribution in [-0.4, -0.2) is 18.0 Å². The van der Waals surface area contributed by atoms with E-state index in [1.165, 1.54) is 0 Å². The number of hydrogen-bond acceptors (Lipinski definition) is 2. The summed E-state index contributed by atoms with van der Waals surface area (Å²) in [7, 11) is 0. The van der Waals surface area contributed by atoms with Crippen molar-refractivity contribution in [2.24, 2.45) is 5.73 Å². The Kier molecular flexibility index (Phi) is 3.44. The van der Waals surface area contributed by atoms with E-state index in [0.717, 1.165) is 24.8 Å². The Balaban J connectivity index is 2.13. The Hall–Kier alpha value is -1.35. The second-order valence-electron chi connectivity index (χ2n) is 5.78. The van der Waals surface area contributed by atoms with Crippen molar-refractivity contribution in [2.75, 3.05) is 6.54 Å². The molecule has 0 aromatic heterocycles. The number of carbonyl (C=O) groups excluding carboxylic acids is 1. The van der Waals surface area contributed by atoms with Crippen molar-refractivity contribution in [1.82, 2.24) is 5.32 Å². The Morgan fingerprint density at radius 2 is 1.94 bits per heavy atom. The number of benzene rings is 1. The summed E-state index contributed by atoms with van der Waals surface area (Å²) < 4.78 is 0. The lowest BCUT2D eigenvalue weighted by Gasteiger charge is -2.43. The van der Waals surface area contributed by atoms with Crippen LogP contribution in [0.4, 0.5) is 0 Å². The van der Waals surface area contributed by atoms with Gasteiger partial charge >= 0.3 is 0 Å². The van der Waals surface area contributed by atoms with Crippen LogP contribution < -0.4 is 11.1 Å². The molecule has 18 heavy (non-hydrogen) atoms. The lowest BCUT2D eigenvalue weighted by molar-refractivity contribution is -0.128. The third kappa shape index (κ3) is 2.27. The molecule has 0 saturated heterocycles. The average Bonchev–Trinajstić information content (AvgIpc) is 2.34. The largest absolute Gasteiger partial charge is 0.349 e. The summed E-state index contributed by atoms with van der Waals surface area (Å²) >= 11 is 0. The van der Waals surface area contributed by atoms with Gasteiger partial charge in [-0.15, -0.1) is 0 Å². The van der Waals surface area contributed by atoms with Crippen LogP contribution in [0.3, 0.4) is 0 Å². The van der Waals surface area contributed by atoms with Gasteiger partial charge in [0, 0.05) is 6.54 Å². The van der Waals surface area contributed by atoms with Gasteiger partial charge in [0.2, 0.25) is 5.91 Å². The van der Waals surface area contributed by atoms with Gasteiger partial charge in [-0.05, 0) is 38.7 Å². The average molecular weight is 246 g/mol. The quantitative estimate of drug-likeness (QED) is 0.853. The molecule has 0 spiro atoms. The molecule has 0 bridgehead atoms. The van der Waals surface area contributed by atoms with E-state index in [-0.39, 0.29) is 11.4 Å². The van der Waals surface area contributed by atoms with Crippen LogP contribution in [0.25, 0.3) is 0 Å². The Morgan fingerprint density at radius 3 is 2.39 bits per heavy atom. The van der Waals surface area contributed by atoms with E-state index in [0.29, 0.717) is 6.54 Å². The second-order valence-corrected chi connectivity index (χ2v) is 5.78. The third-order valence-corrected chi connectivity index (χ3v) is 4.14. The molecule has 1 amide bonds. The van der Waals surface area contributed by atoms with Gasteiger partial charge in [-0.2, -0.15) is 0 Å². The Morgan fingerprint density at radius 1 is 1.33 bits per heavy atom. The lowest BCUT2D eigenvalue weighted by Crippen LogP contribution is -2.61. The molecule has 1 aliphatic rings. The molecule has 1 saturated carbocycles. The van der Waals surface area contributed by atoms with Crippen LogP contribution >= 0.6 is 0 Å². The summed E-state index contributed by atoms with van der Waals surface area (Å²) in [4.78, 5) is 12.5. The zero-order valence-corrected chi connectivity index (χ0v) is 11.2. The number of nitrogens with two attached hydrogens (primary N) is 1. The van der Waals surface area contributed by atoms with Gasteiger partial charge in [-0.25, -0.2) is 0 Å². The van der Waals surface area contributed by atoms with Crippen LogP contribution in [0, 0.1) is 0 Å². The number of carbonyl (C=O) groups is 1. The topological polar surface area (TPSA) is 55.1 Å². The first-order valence-corrected chi connectivity index (χ1v) is 6.58. The molecular formula is C15H22N2O. The van der Waals surface area contributed by atoms with E-state index in [1.807, 2.05) is 44.2 Å². The van der Waals surface area contributed by atoms with Crippen molar-refractivity contribution >= 4 is 5.91 Å². The normalized spacial score (nSPS) is 17.9. The molecule has 1 aromatic rings. The predicted octanol–water partition coefficient (Wildman–Crippen LogP) is 1.96. The van der Waals surface area contributed by atoms with E-state index in [1.54, 1.807) is 0 Å². The molecule has 1 aliphatic carbocycles. The monoisotopic (exact) mass is 246 g/mol. The summed E-state index contributed by atoms with van der Waals surface area (Å²) in [5.41, 5.74) is 6.16. The van der Waals surface area contributed by atoms with Crippen LogP contribution in [-0.2, 0) is 10.2 Å². The fraction of sp³-hybridized carbons (Fsp3) is 0.533. The number of nitrogens with one attached hydrogen (secondary N) is 1. The molecule has 0 unspecified atom stereocenters. The maximum atomic E-state index is 12.5. The standard InChI is InChI=1S/C15H22N2O/c1-14(2,12-7-4-3-5-8-12)13(18)17-15(11-16)9-6-10-15/h3-5,7-8H,6,9-11,16H2,1-2H3,(H,17,18). The van der Waals surface area contributed by atoms with Gasteiger partial charge in [0.1, 0.15) is 0 Å². The van der Waals surface area contributed by atoms with Crippen LogP contribution in [0.2, 0.25) is 0 Å². The lowest BCUT2D eigenvalue weighted by atomic mass is 9.75. The molecule has 0 radical (unpaired) electrons. The first kappa shape index (κ1) is 13.1. The molecule has 98 valence electrons. The van der Waals surface area contributed by atoms with Crippen molar-refractivity contribution in [1.29, 1.82) is 0 Å². The molecule has 0 heterocycles. The molecule has 0 aliphatic heterocycles. The first-order valence-electron chi connectivity index (χ1n) is 6.58. The summed E-state index contributed by atoms with van der Waals surface area (Å²) in [5.74, 6) is 0.0684. The van der Waals surface area contributed by atoms with Crippen LogP contribution in [0.1, 0.15) is 38.7 Å². The molecule has 3 nitrogen and oxygen atoms in total. The van der Waals surface area contributed by atoms with Crippen LogP contribution in [0.15, 0.2) is 30.3 Å². The van der Waals surface area contributed by atoms with Gasteiger partial charge in [-0.3, -0.25) is 4.79 Å². The second kappa shape index (κ2) is 4.73. The number of amides is 1. The van der Waals surface area contributed by atoms with E-state index >= 15 is 0 Å². The molecule has 0 atom stereocenters.